The molecule has 0 aromatic heterocycles. The zero-order valence-corrected chi connectivity index (χ0v) is 16.1. The molecule has 0 bridgehead atoms. The molecule has 1 aliphatic rings. The summed E-state index contributed by atoms with van der Waals surface area (Å²) < 4.78 is 16.2. The molecule has 1 aromatic rings. The fourth-order valence-corrected chi connectivity index (χ4v) is 4.21. The predicted molar refractivity (Wildman–Crippen MR) is 91.2 cm³/mol. The number of anilines is 1. The summed E-state index contributed by atoms with van der Waals surface area (Å²) in [6.45, 7) is 0.0141. The van der Waals surface area contributed by atoms with Crippen molar-refractivity contribution in [3.8, 4) is 0 Å². The molecule has 0 fully saturated rings. The molecule has 0 aliphatic carbocycles. The molecule has 1 heterocycles. The molecular formula is C14H12Br2ClNO5. The Hall–Kier alpha value is -1.09. The first-order valence-corrected chi connectivity index (χ1v) is 8.26. The minimum Gasteiger partial charge on any atom is -0.466 e. The third kappa shape index (κ3) is 3.71. The van der Waals surface area contributed by atoms with E-state index in [-0.39, 0.29) is 24.6 Å². The number of halogens is 3. The van der Waals surface area contributed by atoms with Crippen LogP contribution >= 0.6 is 43.5 Å². The van der Waals surface area contributed by atoms with Gasteiger partial charge in [0.05, 0.1) is 32.1 Å². The topological polar surface area (TPSA) is 65.1 Å². The van der Waals surface area contributed by atoms with Crippen molar-refractivity contribution in [3.05, 3.63) is 37.4 Å². The normalized spacial score (nSPS) is 14.7. The lowest BCUT2D eigenvalue weighted by atomic mass is 10.1. The second-order valence-corrected chi connectivity index (χ2v) is 6.58. The summed E-state index contributed by atoms with van der Waals surface area (Å²) in [6.07, 6.45) is 0. The summed E-state index contributed by atoms with van der Waals surface area (Å²) in [5.74, 6) is -1.32. The number of nitrogens with zero attached hydrogens (tertiary/aromatic N) is 1. The number of hydrogen-bond donors (Lipinski definition) is 0. The Morgan fingerprint density at radius 2 is 1.74 bits per heavy atom. The van der Waals surface area contributed by atoms with Crippen molar-refractivity contribution >= 4 is 61.1 Å². The van der Waals surface area contributed by atoms with E-state index in [2.05, 4.69) is 31.9 Å². The van der Waals surface area contributed by atoms with E-state index in [1.165, 1.54) is 19.1 Å². The molecule has 2 rings (SSSR count). The smallest absolute Gasteiger partial charge is 0.355 e. The molecule has 124 valence electrons. The summed E-state index contributed by atoms with van der Waals surface area (Å²) >= 11 is 12.8. The average Bonchev–Trinajstić information content (AvgIpc) is 2.52. The zero-order valence-electron chi connectivity index (χ0n) is 12.2. The molecule has 0 saturated carbocycles. The van der Waals surface area contributed by atoms with Crippen LogP contribution in [-0.2, 0) is 23.8 Å². The van der Waals surface area contributed by atoms with Gasteiger partial charge in [-0.05, 0) is 44.0 Å². The molecule has 0 saturated heterocycles. The van der Waals surface area contributed by atoms with E-state index in [9.17, 15) is 9.59 Å². The van der Waals surface area contributed by atoms with E-state index >= 15 is 0 Å². The van der Waals surface area contributed by atoms with E-state index < -0.39 is 11.9 Å². The van der Waals surface area contributed by atoms with Gasteiger partial charge in [0.2, 0.25) is 0 Å². The Bertz CT molecular complexity index is 669. The van der Waals surface area contributed by atoms with Crippen LogP contribution in [0.4, 0.5) is 5.69 Å². The van der Waals surface area contributed by atoms with Crippen molar-refractivity contribution in [2.45, 2.75) is 0 Å². The van der Waals surface area contributed by atoms with E-state index in [0.29, 0.717) is 19.7 Å². The van der Waals surface area contributed by atoms with Gasteiger partial charge in [-0.3, -0.25) is 0 Å². The largest absolute Gasteiger partial charge is 0.466 e. The maximum atomic E-state index is 12.2. The van der Waals surface area contributed by atoms with Gasteiger partial charge in [-0.15, -0.1) is 0 Å². The Morgan fingerprint density at radius 1 is 1.17 bits per heavy atom. The molecular weight excluding hydrogens is 457 g/mol. The molecule has 0 spiro atoms. The highest BCUT2D eigenvalue weighted by Gasteiger charge is 2.34. The second kappa shape index (κ2) is 7.65. The maximum Gasteiger partial charge on any atom is 0.355 e. The summed E-state index contributed by atoms with van der Waals surface area (Å²) in [6, 6.07) is 3.34. The molecule has 0 amide bonds. The number of ether oxygens (including phenoxy) is 3. The number of benzene rings is 1. The molecule has 6 nitrogen and oxygen atoms in total. The summed E-state index contributed by atoms with van der Waals surface area (Å²) in [7, 11) is 2.47. The van der Waals surface area contributed by atoms with Crippen LogP contribution in [0, 0.1) is 0 Å². The van der Waals surface area contributed by atoms with Crippen LogP contribution in [0.15, 0.2) is 32.3 Å². The van der Waals surface area contributed by atoms with Gasteiger partial charge in [0.15, 0.2) is 0 Å². The van der Waals surface area contributed by atoms with E-state index in [4.69, 9.17) is 25.8 Å². The van der Waals surface area contributed by atoms with Crippen LogP contribution in [0.3, 0.4) is 0 Å². The number of esters is 2. The number of methoxy groups -OCH3 is 2. The van der Waals surface area contributed by atoms with Crippen LogP contribution in [0.1, 0.15) is 0 Å². The van der Waals surface area contributed by atoms with Crippen molar-refractivity contribution in [3.63, 3.8) is 0 Å². The third-order valence-corrected chi connectivity index (χ3v) is 4.51. The van der Waals surface area contributed by atoms with E-state index in [1.54, 1.807) is 12.1 Å². The molecule has 1 aliphatic heterocycles. The van der Waals surface area contributed by atoms with Crippen molar-refractivity contribution in [2.75, 3.05) is 32.5 Å². The molecule has 0 unspecified atom stereocenters. The van der Waals surface area contributed by atoms with Crippen molar-refractivity contribution in [1.82, 2.24) is 0 Å². The fraction of sp³-hybridized carbons (Fsp3) is 0.286. The van der Waals surface area contributed by atoms with Crippen LogP contribution < -0.4 is 4.90 Å². The lowest BCUT2D eigenvalue weighted by Crippen LogP contribution is -2.39. The molecule has 1 aromatic carbocycles. The van der Waals surface area contributed by atoms with Gasteiger partial charge in [0, 0.05) is 14.0 Å². The fourth-order valence-electron chi connectivity index (χ4n) is 2.11. The number of rotatable bonds is 3. The van der Waals surface area contributed by atoms with Gasteiger partial charge < -0.3 is 19.1 Å². The lowest BCUT2D eigenvalue weighted by Gasteiger charge is -2.32. The molecule has 0 atom stereocenters. The number of carbonyl (C=O) groups excluding carboxylic acids is 2. The van der Waals surface area contributed by atoms with Crippen molar-refractivity contribution < 1.29 is 23.8 Å². The minimum atomic E-state index is -0.664. The van der Waals surface area contributed by atoms with Gasteiger partial charge in [-0.1, -0.05) is 11.6 Å². The maximum absolute atomic E-state index is 12.2. The zero-order chi connectivity index (χ0) is 17.1. The van der Waals surface area contributed by atoms with Crippen molar-refractivity contribution in [1.29, 1.82) is 0 Å². The second-order valence-electron chi connectivity index (χ2n) is 4.43. The van der Waals surface area contributed by atoms with Crippen LogP contribution in [0.2, 0.25) is 5.02 Å². The van der Waals surface area contributed by atoms with E-state index in [1.807, 2.05) is 0 Å². The minimum absolute atomic E-state index is 0.0452. The highest BCUT2D eigenvalue weighted by Crippen LogP contribution is 2.40. The van der Waals surface area contributed by atoms with Gasteiger partial charge in [-0.2, -0.15) is 0 Å². The van der Waals surface area contributed by atoms with Crippen molar-refractivity contribution in [2.24, 2.45) is 0 Å². The number of hydrogen-bond acceptors (Lipinski definition) is 6. The summed E-state index contributed by atoms with van der Waals surface area (Å²) in [5, 5.41) is 0.502. The van der Waals surface area contributed by atoms with Gasteiger partial charge in [-0.25, -0.2) is 9.59 Å². The first-order chi connectivity index (χ1) is 10.9. The quantitative estimate of drug-likeness (QED) is 0.634. The number of carbonyl (C=O) groups is 2. The summed E-state index contributed by atoms with van der Waals surface area (Å²) in [4.78, 5) is 25.7. The van der Waals surface area contributed by atoms with Gasteiger partial charge in [0.1, 0.15) is 12.4 Å². The third-order valence-electron chi connectivity index (χ3n) is 3.08. The SMILES string of the molecule is COC(=O)C1=C(C(=O)OC)N(c2c(Br)cc(Cl)cc2Br)COC1. The van der Waals surface area contributed by atoms with Gasteiger partial charge >= 0.3 is 11.9 Å². The first kappa shape index (κ1) is 18.3. The lowest BCUT2D eigenvalue weighted by molar-refractivity contribution is -0.140. The van der Waals surface area contributed by atoms with Crippen LogP contribution in [0.25, 0.3) is 0 Å². The molecule has 0 N–H and O–H groups in total. The van der Waals surface area contributed by atoms with Crippen LogP contribution in [0.5, 0.6) is 0 Å². The van der Waals surface area contributed by atoms with Crippen LogP contribution in [-0.4, -0.2) is 39.5 Å². The van der Waals surface area contributed by atoms with E-state index in [0.717, 1.165) is 0 Å². The highest BCUT2D eigenvalue weighted by molar-refractivity contribution is 9.11. The molecule has 9 heteroatoms. The van der Waals surface area contributed by atoms with Gasteiger partial charge in [0.25, 0.3) is 0 Å². The highest BCUT2D eigenvalue weighted by atomic mass is 79.9. The Morgan fingerprint density at radius 3 is 2.26 bits per heavy atom. The average molecular weight is 470 g/mol. The Kier molecular flexibility index (Phi) is 6.07. The Labute approximate surface area is 154 Å². The monoisotopic (exact) mass is 467 g/mol. The predicted octanol–water partition coefficient (Wildman–Crippen LogP) is 3.26. The Balaban J connectivity index is 2.65. The molecule has 0 radical (unpaired) electrons. The first-order valence-electron chi connectivity index (χ1n) is 6.30. The standard InChI is InChI=1S/C14H12Br2ClNO5/c1-21-13(19)8-5-23-6-18(11(8)14(20)22-2)12-9(15)3-7(17)4-10(12)16/h3-4H,5-6H2,1-2H3. The summed E-state index contributed by atoms with van der Waals surface area (Å²) in [5.41, 5.74) is 0.726. The molecule has 23 heavy (non-hydrogen) atoms.